The summed E-state index contributed by atoms with van der Waals surface area (Å²) in [4.78, 5) is 34.7. The first-order valence-electron chi connectivity index (χ1n) is 12.3. The molecule has 0 unspecified atom stereocenters. The molecule has 1 fully saturated rings. The normalized spacial score (nSPS) is 19.9. The van der Waals surface area contributed by atoms with Crippen molar-refractivity contribution in [2.24, 2.45) is 0 Å². The van der Waals surface area contributed by atoms with Gasteiger partial charge in [-0.25, -0.2) is 0 Å². The van der Waals surface area contributed by atoms with Crippen molar-refractivity contribution < 1.29 is 9.59 Å². The average molecular weight is 464 g/mol. The topological polar surface area (TPSA) is 56.4 Å². The molecule has 5 nitrogen and oxygen atoms in total. The Morgan fingerprint density at radius 2 is 1.63 bits per heavy atom. The van der Waals surface area contributed by atoms with E-state index in [2.05, 4.69) is 55.2 Å². The molecule has 1 N–H and O–H groups in total. The van der Waals surface area contributed by atoms with E-state index in [9.17, 15) is 9.59 Å². The Hall–Kier alpha value is -3.86. The van der Waals surface area contributed by atoms with Gasteiger partial charge in [0.05, 0.1) is 6.04 Å². The van der Waals surface area contributed by atoms with Crippen molar-refractivity contribution in [1.29, 1.82) is 0 Å². The quantitative estimate of drug-likeness (QED) is 0.454. The second kappa shape index (κ2) is 8.42. The molecule has 3 aromatic carbocycles. The summed E-state index contributed by atoms with van der Waals surface area (Å²) >= 11 is 0. The van der Waals surface area contributed by atoms with E-state index in [4.69, 9.17) is 0 Å². The van der Waals surface area contributed by atoms with Crippen LogP contribution in [0.2, 0.25) is 0 Å². The number of para-hydroxylation sites is 1. The van der Waals surface area contributed by atoms with Crippen molar-refractivity contribution in [1.82, 2.24) is 14.8 Å². The van der Waals surface area contributed by atoms with Crippen LogP contribution in [0.4, 0.5) is 0 Å². The molecular weight excluding hydrogens is 434 g/mol. The summed E-state index contributed by atoms with van der Waals surface area (Å²) in [6, 6.07) is 25.8. The summed E-state index contributed by atoms with van der Waals surface area (Å²) in [5.74, 6) is 0.442. The first-order chi connectivity index (χ1) is 17.0. The number of amides is 2. The van der Waals surface area contributed by atoms with E-state index >= 15 is 0 Å². The van der Waals surface area contributed by atoms with Crippen molar-refractivity contribution >= 4 is 22.7 Å². The van der Waals surface area contributed by atoms with Crippen LogP contribution in [0.5, 0.6) is 0 Å². The number of nitrogens with one attached hydrogen (secondary N) is 1. The second-order valence-corrected chi connectivity index (χ2v) is 9.99. The smallest absolute Gasteiger partial charge is 0.246 e. The molecule has 6 rings (SSSR count). The maximum atomic E-state index is 13.8. The number of aromatic amines is 1. The van der Waals surface area contributed by atoms with Crippen molar-refractivity contribution in [2.75, 3.05) is 6.54 Å². The standard InChI is InChI=1S/C30H29N3O2/c1-19(2)21-12-14-22(15-13-21)29-28-24(23-10-6-7-11-25(23)31-28)16-26-30(35)32(18-27(34)33(26)29)17-20-8-4-3-5-9-20/h3-15,19,26,29,31H,16-18H2,1-2H3/t26-,29-/m0/s1. The lowest BCUT2D eigenvalue weighted by atomic mass is 9.85. The molecule has 35 heavy (non-hydrogen) atoms. The van der Waals surface area contributed by atoms with E-state index in [-0.39, 0.29) is 24.4 Å². The zero-order valence-corrected chi connectivity index (χ0v) is 20.1. The van der Waals surface area contributed by atoms with Gasteiger partial charge in [-0.15, -0.1) is 0 Å². The minimum atomic E-state index is -0.513. The van der Waals surface area contributed by atoms with Crippen LogP contribution in [0, 0.1) is 0 Å². The van der Waals surface area contributed by atoms with Crippen molar-refractivity contribution in [3.05, 3.63) is 107 Å². The number of rotatable bonds is 4. The Labute approximate surface area is 205 Å². The zero-order valence-electron chi connectivity index (χ0n) is 20.1. The molecule has 1 aromatic heterocycles. The lowest BCUT2D eigenvalue weighted by molar-refractivity contribution is -0.159. The van der Waals surface area contributed by atoms with E-state index in [1.165, 1.54) is 5.56 Å². The van der Waals surface area contributed by atoms with E-state index in [1.807, 2.05) is 47.4 Å². The van der Waals surface area contributed by atoms with Gasteiger partial charge in [0, 0.05) is 29.6 Å². The fourth-order valence-electron chi connectivity index (χ4n) is 5.67. The first kappa shape index (κ1) is 21.7. The van der Waals surface area contributed by atoms with E-state index in [0.29, 0.717) is 18.9 Å². The maximum absolute atomic E-state index is 13.8. The Morgan fingerprint density at radius 1 is 0.914 bits per heavy atom. The molecule has 0 radical (unpaired) electrons. The zero-order chi connectivity index (χ0) is 24.1. The van der Waals surface area contributed by atoms with Gasteiger partial charge in [0.1, 0.15) is 12.6 Å². The summed E-state index contributed by atoms with van der Waals surface area (Å²) in [6.45, 7) is 4.90. The number of fused-ring (bicyclic) bond motifs is 4. The third-order valence-electron chi connectivity index (χ3n) is 7.48. The fraction of sp³-hybridized carbons (Fsp3) is 0.267. The van der Waals surface area contributed by atoms with Crippen molar-refractivity contribution in [3.8, 4) is 0 Å². The molecule has 0 spiro atoms. The van der Waals surface area contributed by atoms with Crippen LogP contribution in [0.15, 0.2) is 78.9 Å². The largest absolute Gasteiger partial charge is 0.356 e. The molecule has 176 valence electrons. The number of hydrogen-bond acceptors (Lipinski definition) is 2. The van der Waals surface area contributed by atoms with Gasteiger partial charge in [-0.1, -0.05) is 86.6 Å². The lowest BCUT2D eigenvalue weighted by Gasteiger charge is -2.47. The second-order valence-electron chi connectivity index (χ2n) is 9.99. The Bertz CT molecular complexity index is 1400. The van der Waals surface area contributed by atoms with Crippen LogP contribution in [-0.2, 0) is 22.6 Å². The predicted octanol–water partition coefficient (Wildman–Crippen LogP) is 5.18. The number of aromatic nitrogens is 1. The average Bonchev–Trinajstić information content (AvgIpc) is 3.25. The number of carbonyl (C=O) groups excluding carboxylic acids is 2. The van der Waals surface area contributed by atoms with E-state index in [1.54, 1.807) is 4.90 Å². The SMILES string of the molecule is CC(C)c1ccc([C@H]2c3[nH]c4ccccc4c3C[C@H]3C(=O)N(Cc4ccccc4)CC(=O)N23)cc1. The van der Waals surface area contributed by atoms with Crippen molar-refractivity contribution in [2.45, 2.75) is 44.8 Å². The maximum Gasteiger partial charge on any atom is 0.246 e. The highest BCUT2D eigenvalue weighted by Crippen LogP contribution is 2.42. The molecule has 1 saturated heterocycles. The van der Waals surface area contributed by atoms with Gasteiger partial charge in [-0.3, -0.25) is 9.59 Å². The van der Waals surface area contributed by atoms with Gasteiger partial charge in [0.2, 0.25) is 11.8 Å². The minimum absolute atomic E-state index is 0.00669. The summed E-state index contributed by atoms with van der Waals surface area (Å²) < 4.78 is 0. The van der Waals surface area contributed by atoms with Crippen molar-refractivity contribution in [3.63, 3.8) is 0 Å². The Kier molecular flexibility index (Phi) is 5.21. The number of carbonyl (C=O) groups is 2. The fourth-order valence-corrected chi connectivity index (χ4v) is 5.67. The van der Waals surface area contributed by atoms with Crippen LogP contribution in [-0.4, -0.2) is 39.2 Å². The monoisotopic (exact) mass is 463 g/mol. The molecule has 4 aromatic rings. The van der Waals surface area contributed by atoms with E-state index in [0.717, 1.165) is 33.3 Å². The van der Waals surface area contributed by atoms with Gasteiger partial charge in [-0.2, -0.15) is 0 Å². The molecule has 3 heterocycles. The van der Waals surface area contributed by atoms with Crippen LogP contribution >= 0.6 is 0 Å². The van der Waals surface area contributed by atoms with Crippen LogP contribution in [0.25, 0.3) is 10.9 Å². The first-order valence-corrected chi connectivity index (χ1v) is 12.3. The summed E-state index contributed by atoms with van der Waals surface area (Å²) in [7, 11) is 0. The van der Waals surface area contributed by atoms with Crippen LogP contribution in [0.1, 0.15) is 53.8 Å². The third-order valence-corrected chi connectivity index (χ3v) is 7.48. The molecule has 2 amide bonds. The highest BCUT2D eigenvalue weighted by atomic mass is 16.2. The minimum Gasteiger partial charge on any atom is -0.356 e. The number of benzene rings is 3. The van der Waals surface area contributed by atoms with Crippen LogP contribution < -0.4 is 0 Å². The molecule has 5 heteroatoms. The Balaban J connectivity index is 1.45. The molecule has 2 atom stereocenters. The lowest BCUT2D eigenvalue weighted by Crippen LogP contribution is -2.62. The molecular formula is C30H29N3O2. The highest BCUT2D eigenvalue weighted by Gasteiger charge is 2.48. The number of H-pyrrole nitrogens is 1. The van der Waals surface area contributed by atoms with Gasteiger partial charge >= 0.3 is 0 Å². The summed E-state index contributed by atoms with van der Waals surface area (Å²) in [5.41, 5.74) is 6.53. The number of piperazine rings is 1. The molecule has 0 aliphatic carbocycles. The number of nitrogens with zero attached hydrogens (tertiary/aromatic N) is 2. The summed E-state index contributed by atoms with van der Waals surface area (Å²) in [5, 5.41) is 1.13. The van der Waals surface area contributed by atoms with Gasteiger partial charge in [0.25, 0.3) is 0 Å². The van der Waals surface area contributed by atoms with Crippen LogP contribution in [0.3, 0.4) is 0 Å². The molecule has 0 saturated carbocycles. The highest BCUT2D eigenvalue weighted by molar-refractivity contribution is 5.97. The molecule has 2 aliphatic heterocycles. The summed E-state index contributed by atoms with van der Waals surface area (Å²) in [6.07, 6.45) is 0.524. The van der Waals surface area contributed by atoms with Gasteiger partial charge < -0.3 is 14.8 Å². The predicted molar refractivity (Wildman–Crippen MR) is 137 cm³/mol. The molecule has 0 bridgehead atoms. The van der Waals surface area contributed by atoms with E-state index < -0.39 is 6.04 Å². The number of hydrogen-bond donors (Lipinski definition) is 1. The van der Waals surface area contributed by atoms with Gasteiger partial charge in [-0.05, 0) is 34.2 Å². The van der Waals surface area contributed by atoms with Gasteiger partial charge in [0.15, 0.2) is 0 Å². The third kappa shape index (κ3) is 3.63. The molecule has 2 aliphatic rings. The Morgan fingerprint density at radius 3 is 2.37 bits per heavy atom.